The van der Waals surface area contributed by atoms with Crippen LogP contribution in [0.1, 0.15) is 39.2 Å². The fraction of sp³-hybridized carbons (Fsp3) is 0.500. The molecule has 0 aliphatic heterocycles. The van der Waals surface area contributed by atoms with Gasteiger partial charge in [0.25, 0.3) is 0 Å². The lowest BCUT2D eigenvalue weighted by molar-refractivity contribution is 0.340. The zero-order valence-electron chi connectivity index (χ0n) is 11.8. The van der Waals surface area contributed by atoms with Gasteiger partial charge in [-0.15, -0.1) is 0 Å². The molecule has 19 heavy (non-hydrogen) atoms. The molecule has 0 saturated carbocycles. The van der Waals surface area contributed by atoms with E-state index in [9.17, 15) is 4.39 Å². The van der Waals surface area contributed by atoms with Crippen LogP contribution in [0, 0.1) is 5.82 Å². The summed E-state index contributed by atoms with van der Waals surface area (Å²) in [5, 5.41) is 4.08. The Morgan fingerprint density at radius 3 is 2.42 bits per heavy atom. The van der Waals surface area contributed by atoms with Crippen LogP contribution in [0.25, 0.3) is 0 Å². The van der Waals surface area contributed by atoms with Gasteiger partial charge in [0.1, 0.15) is 5.82 Å². The molecule has 0 atom stereocenters. The monoisotopic (exact) mass is 281 g/mol. The van der Waals surface area contributed by atoms with Crippen molar-refractivity contribution in [3.05, 3.63) is 46.8 Å². The predicted molar refractivity (Wildman–Crippen MR) is 79.2 cm³/mol. The predicted octanol–water partition coefficient (Wildman–Crippen LogP) is 4.46. The summed E-state index contributed by atoms with van der Waals surface area (Å²) in [5.74, 6) is -0.279. The minimum atomic E-state index is -0.279. The van der Waals surface area contributed by atoms with Crippen LogP contribution in [0.3, 0.4) is 0 Å². The van der Waals surface area contributed by atoms with Gasteiger partial charge in [-0.25, -0.2) is 4.39 Å². The minimum absolute atomic E-state index is 0.0436. The van der Waals surface area contributed by atoms with Crippen LogP contribution in [-0.2, 0) is 5.41 Å². The fourth-order valence-electron chi connectivity index (χ4n) is 2.51. The SMILES string of the molecule is CC(C)(C)NCC1(c2ccc(F)cc2Cl)CC=CC1. The van der Waals surface area contributed by atoms with Gasteiger partial charge in [-0.05, 0) is 51.3 Å². The van der Waals surface area contributed by atoms with Crippen LogP contribution in [0.2, 0.25) is 5.02 Å². The highest BCUT2D eigenvalue weighted by atomic mass is 35.5. The number of allylic oxidation sites excluding steroid dienone is 2. The second kappa shape index (κ2) is 5.26. The van der Waals surface area contributed by atoms with Crippen molar-refractivity contribution in [1.82, 2.24) is 5.32 Å². The van der Waals surface area contributed by atoms with Gasteiger partial charge in [0.15, 0.2) is 0 Å². The van der Waals surface area contributed by atoms with E-state index in [0.29, 0.717) is 5.02 Å². The van der Waals surface area contributed by atoms with E-state index in [0.717, 1.165) is 24.9 Å². The summed E-state index contributed by atoms with van der Waals surface area (Å²) in [6.45, 7) is 7.29. The standard InChI is InChI=1S/C16H21ClFN/c1-15(2,3)19-11-16(8-4-5-9-16)13-7-6-12(18)10-14(13)17/h4-7,10,19H,8-9,11H2,1-3H3. The molecule has 1 aliphatic carbocycles. The van der Waals surface area contributed by atoms with Crippen LogP contribution in [-0.4, -0.2) is 12.1 Å². The minimum Gasteiger partial charge on any atom is -0.311 e. The van der Waals surface area contributed by atoms with Gasteiger partial charge < -0.3 is 5.32 Å². The first-order valence-corrected chi connectivity index (χ1v) is 7.06. The van der Waals surface area contributed by atoms with Crippen molar-refractivity contribution in [2.24, 2.45) is 0 Å². The Morgan fingerprint density at radius 2 is 1.89 bits per heavy atom. The lowest BCUT2D eigenvalue weighted by atomic mass is 9.77. The Kier molecular flexibility index (Phi) is 4.03. The number of rotatable bonds is 3. The van der Waals surface area contributed by atoms with Crippen LogP contribution in [0.5, 0.6) is 0 Å². The van der Waals surface area contributed by atoms with Crippen LogP contribution >= 0.6 is 11.6 Å². The summed E-state index contributed by atoms with van der Waals surface area (Å²) in [6.07, 6.45) is 6.26. The van der Waals surface area contributed by atoms with E-state index in [4.69, 9.17) is 11.6 Å². The number of hydrogen-bond acceptors (Lipinski definition) is 1. The van der Waals surface area contributed by atoms with Crippen molar-refractivity contribution in [2.75, 3.05) is 6.54 Å². The molecule has 0 unspecified atom stereocenters. The highest BCUT2D eigenvalue weighted by molar-refractivity contribution is 6.31. The topological polar surface area (TPSA) is 12.0 Å². The molecule has 0 aromatic heterocycles. The summed E-state index contributed by atoms with van der Waals surface area (Å²) in [5.41, 5.74) is 1.05. The first-order valence-electron chi connectivity index (χ1n) is 6.68. The molecule has 0 heterocycles. The lowest BCUT2D eigenvalue weighted by Gasteiger charge is -2.34. The Hall–Kier alpha value is -0.860. The van der Waals surface area contributed by atoms with Crippen LogP contribution < -0.4 is 5.32 Å². The van der Waals surface area contributed by atoms with Crippen molar-refractivity contribution < 1.29 is 4.39 Å². The van der Waals surface area contributed by atoms with Crippen molar-refractivity contribution in [3.8, 4) is 0 Å². The molecule has 1 aromatic rings. The van der Waals surface area contributed by atoms with E-state index in [2.05, 4.69) is 38.2 Å². The van der Waals surface area contributed by atoms with Gasteiger partial charge in [-0.1, -0.05) is 29.8 Å². The molecule has 104 valence electrons. The third-order valence-electron chi connectivity index (χ3n) is 3.64. The summed E-state index contributed by atoms with van der Waals surface area (Å²) in [7, 11) is 0. The average molecular weight is 282 g/mol. The molecule has 1 N–H and O–H groups in total. The molecule has 0 bridgehead atoms. The maximum Gasteiger partial charge on any atom is 0.124 e. The van der Waals surface area contributed by atoms with Gasteiger partial charge in [0.05, 0.1) is 0 Å². The van der Waals surface area contributed by atoms with E-state index in [1.54, 1.807) is 0 Å². The Labute approximate surface area is 119 Å². The average Bonchev–Trinajstić information content (AvgIpc) is 2.75. The van der Waals surface area contributed by atoms with E-state index in [1.165, 1.54) is 12.1 Å². The normalized spacial score (nSPS) is 17.9. The zero-order chi connectivity index (χ0) is 14.1. The zero-order valence-corrected chi connectivity index (χ0v) is 12.5. The van der Waals surface area contributed by atoms with Crippen molar-refractivity contribution in [2.45, 2.75) is 44.6 Å². The largest absolute Gasteiger partial charge is 0.311 e. The number of halogens is 2. The van der Waals surface area contributed by atoms with Crippen LogP contribution in [0.15, 0.2) is 30.4 Å². The maximum atomic E-state index is 13.2. The molecule has 0 amide bonds. The number of nitrogens with one attached hydrogen (secondary N) is 1. The van der Waals surface area contributed by atoms with E-state index < -0.39 is 0 Å². The number of benzene rings is 1. The van der Waals surface area contributed by atoms with Crippen molar-refractivity contribution in [1.29, 1.82) is 0 Å². The third-order valence-corrected chi connectivity index (χ3v) is 3.96. The molecule has 1 aliphatic rings. The van der Waals surface area contributed by atoms with E-state index in [-0.39, 0.29) is 16.8 Å². The van der Waals surface area contributed by atoms with Crippen LogP contribution in [0.4, 0.5) is 4.39 Å². The van der Waals surface area contributed by atoms with Gasteiger partial charge >= 0.3 is 0 Å². The molecular formula is C16H21ClFN. The van der Waals surface area contributed by atoms with Crippen molar-refractivity contribution in [3.63, 3.8) is 0 Å². The summed E-state index contributed by atoms with van der Waals surface area (Å²) >= 11 is 6.25. The molecule has 1 aromatic carbocycles. The second-order valence-corrected chi connectivity index (χ2v) is 6.79. The molecule has 3 heteroatoms. The Morgan fingerprint density at radius 1 is 1.26 bits per heavy atom. The highest BCUT2D eigenvalue weighted by Gasteiger charge is 2.35. The highest BCUT2D eigenvalue weighted by Crippen LogP contribution is 2.40. The first kappa shape index (κ1) is 14.5. The second-order valence-electron chi connectivity index (χ2n) is 6.39. The number of hydrogen-bond donors (Lipinski definition) is 1. The third kappa shape index (κ3) is 3.37. The van der Waals surface area contributed by atoms with Gasteiger partial charge in [0.2, 0.25) is 0 Å². The van der Waals surface area contributed by atoms with Gasteiger partial charge in [-0.2, -0.15) is 0 Å². The first-order chi connectivity index (χ1) is 8.82. The smallest absolute Gasteiger partial charge is 0.124 e. The molecule has 0 fully saturated rings. The van der Waals surface area contributed by atoms with E-state index in [1.807, 2.05) is 6.07 Å². The van der Waals surface area contributed by atoms with Gasteiger partial charge in [0, 0.05) is 22.5 Å². The molecule has 0 saturated heterocycles. The summed E-state index contributed by atoms with van der Waals surface area (Å²) in [6, 6.07) is 4.74. The maximum absolute atomic E-state index is 13.2. The molecule has 1 nitrogen and oxygen atoms in total. The molecular weight excluding hydrogens is 261 g/mol. The molecule has 0 spiro atoms. The Bertz CT molecular complexity index is 480. The van der Waals surface area contributed by atoms with E-state index >= 15 is 0 Å². The lowest BCUT2D eigenvalue weighted by Crippen LogP contribution is -2.45. The fourth-order valence-corrected chi connectivity index (χ4v) is 2.88. The summed E-state index contributed by atoms with van der Waals surface area (Å²) < 4.78 is 13.2. The quantitative estimate of drug-likeness (QED) is 0.807. The van der Waals surface area contributed by atoms with Crippen molar-refractivity contribution >= 4 is 11.6 Å². The van der Waals surface area contributed by atoms with Gasteiger partial charge in [-0.3, -0.25) is 0 Å². The summed E-state index contributed by atoms with van der Waals surface area (Å²) in [4.78, 5) is 0. The molecule has 0 radical (unpaired) electrons. The Balaban J connectivity index is 2.29. The molecule has 2 rings (SSSR count).